The van der Waals surface area contributed by atoms with Crippen molar-refractivity contribution in [3.8, 4) is 0 Å². The van der Waals surface area contributed by atoms with E-state index in [1.807, 2.05) is 6.92 Å². The molecule has 1 amide bonds. The lowest BCUT2D eigenvalue weighted by atomic mass is 10.1. The maximum absolute atomic E-state index is 13.7. The van der Waals surface area contributed by atoms with Crippen LogP contribution in [0.4, 0.5) is 15.8 Å². The van der Waals surface area contributed by atoms with Gasteiger partial charge in [0.05, 0.1) is 17.1 Å². The SMILES string of the molecule is CCS(=O)(=O)N1c2ccc(C(=O)Nc3ccccc3F)cc2C[C@@H]1C. The number of sulfonamides is 1. The van der Waals surface area contributed by atoms with Gasteiger partial charge in [-0.05, 0) is 56.2 Å². The third-order valence-corrected chi connectivity index (χ3v) is 6.17. The molecule has 0 unspecified atom stereocenters. The Morgan fingerprint density at radius 1 is 1.28 bits per heavy atom. The number of nitrogens with zero attached hydrogens (tertiary/aromatic N) is 1. The molecule has 5 nitrogen and oxygen atoms in total. The van der Waals surface area contributed by atoms with Gasteiger partial charge in [-0.2, -0.15) is 0 Å². The zero-order valence-electron chi connectivity index (χ0n) is 14.0. The Labute approximate surface area is 146 Å². The van der Waals surface area contributed by atoms with Gasteiger partial charge in [-0.3, -0.25) is 9.10 Å². The van der Waals surface area contributed by atoms with Crippen LogP contribution in [0.2, 0.25) is 0 Å². The van der Waals surface area contributed by atoms with Crippen LogP contribution in [0.1, 0.15) is 29.8 Å². The minimum Gasteiger partial charge on any atom is -0.319 e. The fraction of sp³-hybridized carbons (Fsp3) is 0.278. The summed E-state index contributed by atoms with van der Waals surface area (Å²) in [6.45, 7) is 3.45. The predicted molar refractivity (Wildman–Crippen MR) is 95.9 cm³/mol. The fourth-order valence-corrected chi connectivity index (χ4v) is 4.44. The molecular formula is C18H19FN2O3S. The maximum Gasteiger partial charge on any atom is 0.255 e. The molecule has 1 N–H and O–H groups in total. The van der Waals surface area contributed by atoms with Gasteiger partial charge in [0.1, 0.15) is 5.82 Å². The van der Waals surface area contributed by atoms with Gasteiger partial charge in [0.2, 0.25) is 10.0 Å². The van der Waals surface area contributed by atoms with Crippen LogP contribution >= 0.6 is 0 Å². The van der Waals surface area contributed by atoms with Crippen molar-refractivity contribution in [2.24, 2.45) is 0 Å². The molecule has 1 atom stereocenters. The van der Waals surface area contributed by atoms with Crippen LogP contribution < -0.4 is 9.62 Å². The highest BCUT2D eigenvalue weighted by atomic mass is 32.2. The summed E-state index contributed by atoms with van der Waals surface area (Å²) in [6, 6.07) is 10.6. The summed E-state index contributed by atoms with van der Waals surface area (Å²) in [5.74, 6) is -0.921. The molecule has 7 heteroatoms. The van der Waals surface area contributed by atoms with Gasteiger partial charge in [0.15, 0.2) is 0 Å². The number of halogens is 1. The summed E-state index contributed by atoms with van der Waals surface area (Å²) in [5, 5.41) is 2.54. The number of anilines is 2. The number of carbonyl (C=O) groups excluding carboxylic acids is 1. The second kappa shape index (κ2) is 6.48. The molecule has 0 saturated heterocycles. The first-order valence-electron chi connectivity index (χ1n) is 8.04. The Balaban J connectivity index is 1.89. The number of benzene rings is 2. The van der Waals surface area contributed by atoms with Gasteiger partial charge in [0.25, 0.3) is 5.91 Å². The third-order valence-electron chi connectivity index (χ3n) is 4.28. The summed E-state index contributed by atoms with van der Waals surface area (Å²) in [4.78, 5) is 12.4. The molecule has 3 rings (SSSR count). The Morgan fingerprint density at radius 3 is 2.68 bits per heavy atom. The number of amides is 1. The fourth-order valence-electron chi connectivity index (χ4n) is 3.06. The van der Waals surface area contributed by atoms with Gasteiger partial charge in [-0.25, -0.2) is 12.8 Å². The van der Waals surface area contributed by atoms with E-state index in [2.05, 4.69) is 5.32 Å². The second-order valence-corrected chi connectivity index (χ2v) is 8.16. The van der Waals surface area contributed by atoms with E-state index in [1.165, 1.54) is 16.4 Å². The Bertz CT molecular complexity index is 928. The quantitative estimate of drug-likeness (QED) is 0.908. The summed E-state index contributed by atoms with van der Waals surface area (Å²) >= 11 is 0. The van der Waals surface area contributed by atoms with E-state index < -0.39 is 21.7 Å². The van der Waals surface area contributed by atoms with Crippen LogP contribution in [0.15, 0.2) is 42.5 Å². The van der Waals surface area contributed by atoms with Crippen LogP contribution in [0.25, 0.3) is 0 Å². The number of fused-ring (bicyclic) bond motifs is 1. The van der Waals surface area contributed by atoms with E-state index in [0.717, 1.165) is 5.56 Å². The number of para-hydroxylation sites is 1. The van der Waals surface area contributed by atoms with Gasteiger partial charge in [0, 0.05) is 11.6 Å². The molecule has 132 valence electrons. The molecular weight excluding hydrogens is 343 g/mol. The molecule has 2 aromatic rings. The van der Waals surface area contributed by atoms with E-state index in [0.29, 0.717) is 17.7 Å². The van der Waals surface area contributed by atoms with E-state index >= 15 is 0 Å². The Morgan fingerprint density at radius 2 is 2.00 bits per heavy atom. The van der Waals surface area contributed by atoms with Crippen LogP contribution in [-0.2, 0) is 16.4 Å². The van der Waals surface area contributed by atoms with E-state index in [1.54, 1.807) is 37.3 Å². The van der Waals surface area contributed by atoms with Crippen LogP contribution in [0, 0.1) is 5.82 Å². The second-order valence-electron chi connectivity index (χ2n) is 6.03. The maximum atomic E-state index is 13.7. The monoisotopic (exact) mass is 362 g/mol. The standard InChI is InChI=1S/C18H19FN2O3S/c1-3-25(23,24)21-12(2)10-14-11-13(8-9-17(14)21)18(22)20-16-7-5-4-6-15(16)19/h4-9,11-12H,3,10H2,1-2H3,(H,20,22)/t12-/m0/s1. The minimum atomic E-state index is -3.36. The van der Waals surface area contributed by atoms with E-state index in [-0.39, 0.29) is 17.5 Å². The van der Waals surface area contributed by atoms with Crippen molar-refractivity contribution in [3.63, 3.8) is 0 Å². The molecule has 0 spiro atoms. The molecule has 0 saturated carbocycles. The van der Waals surface area contributed by atoms with Crippen molar-refractivity contribution in [2.75, 3.05) is 15.4 Å². The number of hydrogen-bond acceptors (Lipinski definition) is 3. The van der Waals surface area contributed by atoms with Crippen LogP contribution in [-0.4, -0.2) is 26.1 Å². The van der Waals surface area contributed by atoms with E-state index in [4.69, 9.17) is 0 Å². The number of rotatable bonds is 4. The highest BCUT2D eigenvalue weighted by Crippen LogP contribution is 2.35. The van der Waals surface area contributed by atoms with Crippen molar-refractivity contribution in [1.29, 1.82) is 0 Å². The Hall–Kier alpha value is -2.41. The molecule has 0 radical (unpaired) electrons. The largest absolute Gasteiger partial charge is 0.319 e. The Kier molecular flexibility index (Phi) is 4.51. The first-order valence-corrected chi connectivity index (χ1v) is 9.65. The van der Waals surface area contributed by atoms with Gasteiger partial charge >= 0.3 is 0 Å². The average molecular weight is 362 g/mol. The minimum absolute atomic E-state index is 0.0201. The highest BCUT2D eigenvalue weighted by Gasteiger charge is 2.34. The van der Waals surface area contributed by atoms with Crippen molar-refractivity contribution >= 4 is 27.3 Å². The molecule has 0 fully saturated rings. The summed E-state index contributed by atoms with van der Waals surface area (Å²) in [7, 11) is -3.36. The van der Waals surface area contributed by atoms with Crippen LogP contribution in [0.5, 0.6) is 0 Å². The van der Waals surface area contributed by atoms with Crippen molar-refractivity contribution in [2.45, 2.75) is 26.3 Å². The summed E-state index contributed by atoms with van der Waals surface area (Å²) < 4.78 is 39.6. The van der Waals surface area contributed by atoms with Gasteiger partial charge < -0.3 is 5.32 Å². The van der Waals surface area contributed by atoms with E-state index in [9.17, 15) is 17.6 Å². The molecule has 0 aromatic heterocycles. The third kappa shape index (κ3) is 3.24. The van der Waals surface area contributed by atoms with Crippen molar-refractivity contribution in [1.82, 2.24) is 0 Å². The van der Waals surface area contributed by atoms with Crippen molar-refractivity contribution < 1.29 is 17.6 Å². The zero-order valence-corrected chi connectivity index (χ0v) is 14.8. The molecule has 1 aliphatic rings. The number of carbonyl (C=O) groups is 1. The molecule has 1 aliphatic heterocycles. The number of nitrogens with one attached hydrogen (secondary N) is 1. The lowest BCUT2D eigenvalue weighted by Gasteiger charge is -2.23. The topological polar surface area (TPSA) is 66.5 Å². The molecule has 25 heavy (non-hydrogen) atoms. The number of hydrogen-bond donors (Lipinski definition) is 1. The smallest absolute Gasteiger partial charge is 0.255 e. The van der Waals surface area contributed by atoms with Gasteiger partial charge in [-0.1, -0.05) is 12.1 Å². The summed E-state index contributed by atoms with van der Waals surface area (Å²) in [5.41, 5.74) is 1.88. The molecule has 0 bridgehead atoms. The summed E-state index contributed by atoms with van der Waals surface area (Å²) in [6.07, 6.45) is 0.537. The van der Waals surface area contributed by atoms with Crippen LogP contribution in [0.3, 0.4) is 0 Å². The lowest BCUT2D eigenvalue weighted by Crippen LogP contribution is -2.36. The first-order chi connectivity index (χ1) is 11.8. The molecule has 1 heterocycles. The normalized spacial score (nSPS) is 16.6. The highest BCUT2D eigenvalue weighted by molar-refractivity contribution is 7.92. The zero-order chi connectivity index (χ0) is 18.2. The van der Waals surface area contributed by atoms with Crippen molar-refractivity contribution in [3.05, 3.63) is 59.4 Å². The lowest BCUT2D eigenvalue weighted by molar-refractivity contribution is 0.102. The first kappa shape index (κ1) is 17.4. The average Bonchev–Trinajstić information content (AvgIpc) is 2.92. The molecule has 0 aliphatic carbocycles. The van der Waals surface area contributed by atoms with Gasteiger partial charge in [-0.15, -0.1) is 0 Å². The predicted octanol–water partition coefficient (Wildman–Crippen LogP) is 3.18. The molecule has 2 aromatic carbocycles.